The molecule has 0 unspecified atom stereocenters. The third-order valence-corrected chi connectivity index (χ3v) is 5.98. The molecule has 0 saturated carbocycles. The summed E-state index contributed by atoms with van der Waals surface area (Å²) in [5.74, 6) is -0.445. The Labute approximate surface area is 156 Å². The maximum atomic E-state index is 12.5. The minimum absolute atomic E-state index is 0.0402. The number of carbonyl (C=O) groups is 1. The fourth-order valence-electron chi connectivity index (χ4n) is 2.60. The van der Waals surface area contributed by atoms with Gasteiger partial charge in [0.05, 0.1) is 10.4 Å². The molecule has 8 heteroatoms. The number of anilines is 1. The van der Waals surface area contributed by atoms with Crippen molar-refractivity contribution in [3.8, 4) is 0 Å². The smallest absolute Gasteiger partial charge is 0.255 e. The monoisotopic (exact) mass is 385 g/mol. The molecule has 3 rings (SSSR count). The Hall–Kier alpha value is -2.97. The van der Waals surface area contributed by atoms with Gasteiger partial charge in [-0.2, -0.15) is 0 Å². The Bertz CT molecular complexity index is 1200. The van der Waals surface area contributed by atoms with E-state index in [1.807, 2.05) is 0 Å². The van der Waals surface area contributed by atoms with Crippen LogP contribution in [0.4, 0.5) is 5.69 Å². The Morgan fingerprint density at radius 3 is 2.52 bits per heavy atom. The van der Waals surface area contributed by atoms with Crippen LogP contribution in [0.5, 0.6) is 0 Å². The van der Waals surface area contributed by atoms with E-state index < -0.39 is 15.9 Å². The van der Waals surface area contributed by atoms with Gasteiger partial charge in [0.2, 0.25) is 10.0 Å². The van der Waals surface area contributed by atoms with E-state index in [-0.39, 0.29) is 16.0 Å². The fraction of sp³-hybridized carbons (Fsp3) is 0.158. The van der Waals surface area contributed by atoms with Crippen molar-refractivity contribution < 1.29 is 13.2 Å². The zero-order chi connectivity index (χ0) is 19.8. The molecule has 1 heterocycles. The van der Waals surface area contributed by atoms with Crippen LogP contribution in [0.15, 0.2) is 58.2 Å². The lowest BCUT2D eigenvalue weighted by atomic mass is 10.1. The second-order valence-corrected chi connectivity index (χ2v) is 8.50. The summed E-state index contributed by atoms with van der Waals surface area (Å²) in [5.41, 5.74) is 1.74. The van der Waals surface area contributed by atoms with E-state index >= 15 is 0 Å². The van der Waals surface area contributed by atoms with E-state index in [1.165, 1.54) is 38.4 Å². The molecule has 0 radical (unpaired) electrons. The zero-order valence-corrected chi connectivity index (χ0v) is 15.9. The van der Waals surface area contributed by atoms with Crippen LogP contribution in [-0.4, -0.2) is 37.7 Å². The number of aromatic amines is 1. The first-order chi connectivity index (χ1) is 12.7. The molecule has 140 valence electrons. The van der Waals surface area contributed by atoms with Crippen molar-refractivity contribution in [2.24, 2.45) is 0 Å². The number of H-pyrrole nitrogens is 1. The summed E-state index contributed by atoms with van der Waals surface area (Å²) in [6, 6.07) is 12.8. The van der Waals surface area contributed by atoms with E-state index in [9.17, 15) is 18.0 Å². The molecule has 0 aliphatic carbocycles. The average Bonchev–Trinajstić information content (AvgIpc) is 2.63. The highest BCUT2D eigenvalue weighted by atomic mass is 32.2. The van der Waals surface area contributed by atoms with Gasteiger partial charge in [-0.25, -0.2) is 12.7 Å². The van der Waals surface area contributed by atoms with Crippen molar-refractivity contribution in [2.45, 2.75) is 11.8 Å². The summed E-state index contributed by atoms with van der Waals surface area (Å²) in [6.07, 6.45) is 0. The third-order valence-electron chi connectivity index (χ3n) is 4.16. The van der Waals surface area contributed by atoms with Crippen LogP contribution in [0, 0.1) is 6.92 Å². The maximum Gasteiger partial charge on any atom is 0.255 e. The third kappa shape index (κ3) is 3.76. The van der Waals surface area contributed by atoms with Crippen LogP contribution in [0.1, 0.15) is 15.9 Å². The summed E-state index contributed by atoms with van der Waals surface area (Å²) in [7, 11) is -0.769. The summed E-state index contributed by atoms with van der Waals surface area (Å²) in [4.78, 5) is 27.1. The van der Waals surface area contributed by atoms with Crippen molar-refractivity contribution in [3.05, 3.63) is 70.0 Å². The predicted molar refractivity (Wildman–Crippen MR) is 105 cm³/mol. The highest BCUT2D eigenvalue weighted by Crippen LogP contribution is 2.19. The van der Waals surface area contributed by atoms with Gasteiger partial charge in [-0.1, -0.05) is 12.1 Å². The van der Waals surface area contributed by atoms with Crippen molar-refractivity contribution >= 4 is 32.5 Å². The molecule has 0 aliphatic rings. The highest BCUT2D eigenvalue weighted by Gasteiger charge is 2.18. The highest BCUT2D eigenvalue weighted by molar-refractivity contribution is 7.89. The second kappa shape index (κ2) is 6.98. The number of sulfonamides is 1. The van der Waals surface area contributed by atoms with Crippen LogP contribution in [0.2, 0.25) is 0 Å². The Kier molecular flexibility index (Phi) is 4.86. The van der Waals surface area contributed by atoms with E-state index in [2.05, 4.69) is 10.3 Å². The molecule has 0 fully saturated rings. The van der Waals surface area contributed by atoms with Gasteiger partial charge in [0, 0.05) is 30.9 Å². The molecule has 3 aromatic rings. The van der Waals surface area contributed by atoms with Gasteiger partial charge >= 0.3 is 0 Å². The first-order valence-electron chi connectivity index (χ1n) is 8.16. The van der Waals surface area contributed by atoms with Crippen LogP contribution < -0.4 is 10.9 Å². The van der Waals surface area contributed by atoms with E-state index in [1.54, 1.807) is 31.2 Å². The van der Waals surface area contributed by atoms with Gasteiger partial charge in [-0.05, 0) is 48.7 Å². The molecule has 7 nitrogen and oxygen atoms in total. The molecule has 1 amide bonds. The van der Waals surface area contributed by atoms with E-state index in [0.29, 0.717) is 16.8 Å². The number of hydrogen-bond acceptors (Lipinski definition) is 4. The molecule has 0 saturated heterocycles. The van der Waals surface area contributed by atoms with Crippen molar-refractivity contribution in [1.82, 2.24) is 9.29 Å². The van der Waals surface area contributed by atoms with Crippen LogP contribution in [0.25, 0.3) is 10.9 Å². The summed E-state index contributed by atoms with van der Waals surface area (Å²) >= 11 is 0. The minimum atomic E-state index is -3.63. The molecular weight excluding hydrogens is 366 g/mol. The molecule has 0 bridgehead atoms. The predicted octanol–water partition coefficient (Wildman–Crippen LogP) is 2.34. The average molecular weight is 385 g/mol. The van der Waals surface area contributed by atoms with Crippen molar-refractivity contribution in [2.75, 3.05) is 19.4 Å². The topological polar surface area (TPSA) is 99.3 Å². The number of aryl methyl sites for hydroxylation is 1. The van der Waals surface area contributed by atoms with Gasteiger partial charge < -0.3 is 10.3 Å². The summed E-state index contributed by atoms with van der Waals surface area (Å²) in [6.45, 7) is 1.72. The molecule has 0 aliphatic heterocycles. The van der Waals surface area contributed by atoms with Crippen LogP contribution in [-0.2, 0) is 10.0 Å². The van der Waals surface area contributed by atoms with Gasteiger partial charge in [0.15, 0.2) is 0 Å². The number of amides is 1. The lowest BCUT2D eigenvalue weighted by molar-refractivity contribution is 0.102. The number of pyridine rings is 1. The lowest BCUT2D eigenvalue weighted by Gasteiger charge is -2.12. The Morgan fingerprint density at radius 1 is 1.07 bits per heavy atom. The van der Waals surface area contributed by atoms with Crippen LogP contribution in [0.3, 0.4) is 0 Å². The quantitative estimate of drug-likeness (QED) is 0.720. The summed E-state index contributed by atoms with van der Waals surface area (Å²) in [5, 5.41) is 3.57. The van der Waals surface area contributed by atoms with Crippen molar-refractivity contribution in [3.63, 3.8) is 0 Å². The molecule has 27 heavy (non-hydrogen) atoms. The lowest BCUT2D eigenvalue weighted by Crippen LogP contribution is -2.22. The van der Waals surface area contributed by atoms with Gasteiger partial charge in [-0.15, -0.1) is 0 Å². The fourth-order valence-corrected chi connectivity index (χ4v) is 3.55. The second-order valence-electron chi connectivity index (χ2n) is 6.35. The van der Waals surface area contributed by atoms with Gasteiger partial charge in [0.25, 0.3) is 11.5 Å². The summed E-state index contributed by atoms with van der Waals surface area (Å²) < 4.78 is 25.6. The number of hydrogen-bond donors (Lipinski definition) is 2. The molecule has 2 N–H and O–H groups in total. The Balaban J connectivity index is 1.91. The number of fused-ring (bicyclic) bond motifs is 1. The molecular formula is C19H19N3O4S. The molecule has 0 atom stereocenters. The normalized spacial score (nSPS) is 11.7. The Morgan fingerprint density at radius 2 is 1.81 bits per heavy atom. The van der Waals surface area contributed by atoms with Crippen LogP contribution >= 0.6 is 0 Å². The molecule has 0 spiro atoms. The van der Waals surface area contributed by atoms with E-state index in [4.69, 9.17) is 0 Å². The zero-order valence-electron chi connectivity index (χ0n) is 15.1. The number of carbonyl (C=O) groups excluding carboxylic acids is 1. The first kappa shape index (κ1) is 18.8. The van der Waals surface area contributed by atoms with E-state index in [0.717, 1.165) is 9.69 Å². The number of aromatic nitrogens is 1. The van der Waals surface area contributed by atoms with Gasteiger partial charge in [-0.3, -0.25) is 9.59 Å². The number of rotatable bonds is 4. The molecule has 1 aromatic heterocycles. The maximum absolute atomic E-state index is 12.5. The molecule has 2 aromatic carbocycles. The SMILES string of the molecule is Cc1cc2ccc(NC(=O)c3cccc(S(=O)(=O)N(C)C)c3)cc2[nH]c1=O. The number of benzene rings is 2. The minimum Gasteiger partial charge on any atom is -0.322 e. The standard InChI is InChI=1S/C19H19N3O4S/c1-12-9-13-7-8-15(11-17(13)21-18(12)23)20-19(24)14-5-4-6-16(10-14)27(25,26)22(2)3/h4-11H,1-3H3,(H,20,24)(H,21,23). The first-order valence-corrected chi connectivity index (χ1v) is 9.60. The van der Waals surface area contributed by atoms with Crippen molar-refractivity contribution in [1.29, 1.82) is 0 Å². The van der Waals surface area contributed by atoms with Gasteiger partial charge in [0.1, 0.15) is 0 Å². The number of nitrogens with one attached hydrogen (secondary N) is 2. The largest absolute Gasteiger partial charge is 0.322 e. The number of nitrogens with zero attached hydrogens (tertiary/aromatic N) is 1.